The van der Waals surface area contributed by atoms with Gasteiger partial charge in [0.25, 0.3) is 5.91 Å². The number of nitrogens with zero attached hydrogens (tertiary/aromatic N) is 4. The summed E-state index contributed by atoms with van der Waals surface area (Å²) < 4.78 is 0. The maximum atomic E-state index is 13.6. The SMILES string of the molecule is CN(CC1CCN(C(=O)CN(C(=O)c2ccc3cc[nH]c3c2)c2ccccc2)CC1)c1ccncc1. The molecule has 0 radical (unpaired) electrons. The summed E-state index contributed by atoms with van der Waals surface area (Å²) in [6.45, 7) is 2.38. The van der Waals surface area contributed by atoms with Gasteiger partial charge in [0.1, 0.15) is 6.54 Å². The molecule has 36 heavy (non-hydrogen) atoms. The van der Waals surface area contributed by atoms with E-state index in [1.165, 1.54) is 0 Å². The molecule has 2 aromatic carbocycles. The first-order chi connectivity index (χ1) is 17.6. The predicted octanol–water partition coefficient (Wildman–Crippen LogP) is 4.58. The van der Waals surface area contributed by atoms with Crippen LogP contribution >= 0.6 is 0 Å². The van der Waals surface area contributed by atoms with Crippen LogP contribution in [0.3, 0.4) is 0 Å². The Morgan fingerprint density at radius 3 is 2.47 bits per heavy atom. The monoisotopic (exact) mass is 481 g/mol. The molecule has 0 aliphatic carbocycles. The van der Waals surface area contributed by atoms with Crippen molar-refractivity contribution in [2.24, 2.45) is 5.92 Å². The largest absolute Gasteiger partial charge is 0.374 e. The number of pyridine rings is 1. The zero-order valence-electron chi connectivity index (χ0n) is 20.5. The van der Waals surface area contributed by atoms with Crippen LogP contribution in [0, 0.1) is 5.92 Å². The molecule has 7 nitrogen and oxygen atoms in total. The van der Waals surface area contributed by atoms with Gasteiger partial charge in [-0.1, -0.05) is 24.3 Å². The lowest BCUT2D eigenvalue weighted by Gasteiger charge is -2.35. The van der Waals surface area contributed by atoms with E-state index in [1.54, 1.807) is 4.90 Å². The number of carbonyl (C=O) groups is 2. The lowest BCUT2D eigenvalue weighted by molar-refractivity contribution is -0.131. The van der Waals surface area contributed by atoms with Gasteiger partial charge in [-0.05, 0) is 66.6 Å². The molecule has 1 fully saturated rings. The summed E-state index contributed by atoms with van der Waals surface area (Å²) in [5.74, 6) is 0.320. The first-order valence-corrected chi connectivity index (χ1v) is 12.4. The van der Waals surface area contributed by atoms with Gasteiger partial charge in [0, 0.05) is 67.7 Å². The van der Waals surface area contributed by atoms with E-state index in [0.29, 0.717) is 24.6 Å². The van der Waals surface area contributed by atoms with E-state index < -0.39 is 0 Å². The normalized spacial score (nSPS) is 14.1. The summed E-state index contributed by atoms with van der Waals surface area (Å²) in [5, 5.41) is 1.05. The number of aromatic nitrogens is 2. The lowest BCUT2D eigenvalue weighted by Crippen LogP contribution is -2.47. The van der Waals surface area contributed by atoms with Crippen LogP contribution in [0.1, 0.15) is 23.2 Å². The molecule has 7 heteroatoms. The minimum absolute atomic E-state index is 0.0194. The molecule has 1 saturated heterocycles. The minimum atomic E-state index is -0.181. The Morgan fingerprint density at radius 1 is 0.972 bits per heavy atom. The number of amides is 2. The summed E-state index contributed by atoms with van der Waals surface area (Å²) in [5.41, 5.74) is 3.33. The molecule has 2 amide bonds. The number of hydrogen-bond acceptors (Lipinski definition) is 4. The Bertz CT molecular complexity index is 1310. The van der Waals surface area contributed by atoms with Crippen molar-refractivity contribution in [3.05, 3.63) is 90.9 Å². The number of fused-ring (bicyclic) bond motifs is 1. The van der Waals surface area contributed by atoms with Crippen LogP contribution in [0.5, 0.6) is 0 Å². The fourth-order valence-corrected chi connectivity index (χ4v) is 4.92. The quantitative estimate of drug-likeness (QED) is 0.419. The molecule has 3 heterocycles. The van der Waals surface area contributed by atoms with Crippen LogP contribution < -0.4 is 9.80 Å². The van der Waals surface area contributed by atoms with Crippen molar-refractivity contribution < 1.29 is 9.59 Å². The zero-order chi connectivity index (χ0) is 24.9. The number of rotatable bonds is 7. The second-order valence-corrected chi connectivity index (χ2v) is 9.42. The van der Waals surface area contributed by atoms with Crippen LogP contribution in [-0.2, 0) is 4.79 Å². The fourth-order valence-electron chi connectivity index (χ4n) is 4.92. The molecular formula is C29H31N5O2. The summed E-state index contributed by atoms with van der Waals surface area (Å²) in [6, 6.07) is 21.0. The van der Waals surface area contributed by atoms with Crippen LogP contribution in [0.15, 0.2) is 85.3 Å². The van der Waals surface area contributed by atoms with Gasteiger partial charge in [-0.25, -0.2) is 0 Å². The maximum absolute atomic E-state index is 13.6. The Labute approximate surface area is 211 Å². The lowest BCUT2D eigenvalue weighted by atomic mass is 9.96. The number of piperidine rings is 1. The standard InChI is InChI=1S/C29H31N5O2/c1-32(25-10-14-30-15-11-25)20-22-12-17-33(18-13-22)28(35)21-34(26-5-3-2-4-6-26)29(36)24-8-7-23-9-16-31-27(23)19-24/h2-11,14-16,19,22,31H,12-13,17-18,20-21H2,1H3. The van der Waals surface area contributed by atoms with E-state index in [-0.39, 0.29) is 18.4 Å². The highest BCUT2D eigenvalue weighted by atomic mass is 16.2. The molecule has 4 aromatic rings. The molecule has 0 spiro atoms. The van der Waals surface area contributed by atoms with E-state index in [2.05, 4.69) is 21.9 Å². The summed E-state index contributed by atoms with van der Waals surface area (Å²) >= 11 is 0. The highest BCUT2D eigenvalue weighted by molar-refractivity contribution is 6.10. The zero-order valence-corrected chi connectivity index (χ0v) is 20.5. The van der Waals surface area contributed by atoms with Crippen LogP contribution in [-0.4, -0.2) is 59.9 Å². The minimum Gasteiger partial charge on any atom is -0.374 e. The van der Waals surface area contributed by atoms with Gasteiger partial charge >= 0.3 is 0 Å². The molecule has 0 unspecified atom stereocenters. The molecule has 2 aromatic heterocycles. The number of benzene rings is 2. The third-order valence-corrected chi connectivity index (χ3v) is 7.01. The van der Waals surface area contributed by atoms with Gasteiger partial charge < -0.3 is 14.8 Å². The second-order valence-electron chi connectivity index (χ2n) is 9.42. The van der Waals surface area contributed by atoms with Crippen molar-refractivity contribution in [3.63, 3.8) is 0 Å². The Balaban J connectivity index is 1.24. The highest BCUT2D eigenvalue weighted by Gasteiger charge is 2.27. The third-order valence-electron chi connectivity index (χ3n) is 7.01. The summed E-state index contributed by atoms with van der Waals surface area (Å²) in [6.07, 6.45) is 7.37. The van der Waals surface area contributed by atoms with Crippen molar-refractivity contribution in [3.8, 4) is 0 Å². The van der Waals surface area contributed by atoms with E-state index in [9.17, 15) is 9.59 Å². The maximum Gasteiger partial charge on any atom is 0.258 e. The van der Waals surface area contributed by atoms with Crippen molar-refractivity contribution in [1.29, 1.82) is 0 Å². The number of carbonyl (C=O) groups excluding carboxylic acids is 2. The molecule has 0 bridgehead atoms. The van der Waals surface area contributed by atoms with Crippen molar-refractivity contribution in [1.82, 2.24) is 14.9 Å². The highest BCUT2D eigenvalue weighted by Crippen LogP contribution is 2.23. The van der Waals surface area contributed by atoms with E-state index in [4.69, 9.17) is 0 Å². The first-order valence-electron chi connectivity index (χ1n) is 12.4. The van der Waals surface area contributed by atoms with Gasteiger partial charge in [-0.15, -0.1) is 0 Å². The number of H-pyrrole nitrogens is 1. The number of nitrogens with one attached hydrogen (secondary N) is 1. The molecule has 0 atom stereocenters. The van der Waals surface area contributed by atoms with Crippen LogP contribution in [0.2, 0.25) is 0 Å². The number of anilines is 2. The Hall–Kier alpha value is -4.13. The average Bonchev–Trinajstić information content (AvgIpc) is 3.41. The van der Waals surface area contributed by atoms with Gasteiger partial charge in [0.15, 0.2) is 0 Å². The van der Waals surface area contributed by atoms with Crippen LogP contribution in [0.25, 0.3) is 10.9 Å². The van der Waals surface area contributed by atoms with E-state index >= 15 is 0 Å². The van der Waals surface area contributed by atoms with Gasteiger partial charge in [0.2, 0.25) is 5.91 Å². The van der Waals surface area contributed by atoms with Gasteiger partial charge in [0.05, 0.1) is 0 Å². The fraction of sp³-hybridized carbons (Fsp3) is 0.276. The van der Waals surface area contributed by atoms with Gasteiger partial charge in [-0.2, -0.15) is 0 Å². The smallest absolute Gasteiger partial charge is 0.258 e. The number of para-hydroxylation sites is 1. The average molecular weight is 482 g/mol. The van der Waals surface area contributed by atoms with Crippen molar-refractivity contribution >= 4 is 34.1 Å². The molecule has 1 N–H and O–H groups in total. The summed E-state index contributed by atoms with van der Waals surface area (Å²) in [4.78, 5) is 39.9. The molecular weight excluding hydrogens is 450 g/mol. The van der Waals surface area contributed by atoms with E-state index in [1.807, 2.05) is 90.2 Å². The molecule has 5 rings (SSSR count). The van der Waals surface area contributed by atoms with Crippen LogP contribution in [0.4, 0.5) is 11.4 Å². The number of hydrogen-bond donors (Lipinski definition) is 1. The summed E-state index contributed by atoms with van der Waals surface area (Å²) in [7, 11) is 2.10. The van der Waals surface area contributed by atoms with E-state index in [0.717, 1.165) is 41.7 Å². The van der Waals surface area contributed by atoms with Crippen molar-refractivity contribution in [2.45, 2.75) is 12.8 Å². The number of likely N-dealkylation sites (tertiary alicyclic amines) is 1. The second kappa shape index (κ2) is 10.6. The first kappa shape index (κ1) is 23.6. The molecule has 184 valence electrons. The Kier molecular flexibility index (Phi) is 6.98. The van der Waals surface area contributed by atoms with Gasteiger partial charge in [-0.3, -0.25) is 19.5 Å². The molecule has 1 aliphatic rings. The van der Waals surface area contributed by atoms with Crippen molar-refractivity contribution in [2.75, 3.05) is 43.0 Å². The topological polar surface area (TPSA) is 72.5 Å². The molecule has 0 saturated carbocycles. The number of aromatic amines is 1. The molecule has 1 aliphatic heterocycles. The predicted molar refractivity (Wildman–Crippen MR) is 143 cm³/mol. The Morgan fingerprint density at radius 2 is 1.72 bits per heavy atom. The third kappa shape index (κ3) is 5.25.